The Morgan fingerprint density at radius 2 is 2.08 bits per heavy atom. The first kappa shape index (κ1) is 17.0. The number of carbonyl (C=O) groups is 1. The van der Waals surface area contributed by atoms with Gasteiger partial charge in [0.2, 0.25) is 0 Å². The van der Waals surface area contributed by atoms with Gasteiger partial charge in [0.05, 0.1) is 13.1 Å². The molecule has 3 nitrogen and oxygen atoms in total. The molecule has 2 aromatic carbocycles. The van der Waals surface area contributed by atoms with E-state index in [2.05, 4.69) is 29.6 Å². The number of amides is 1. The Bertz CT molecular complexity index is 716. The Balaban J connectivity index is 1.56. The number of likely N-dealkylation sites (N-methyl/N-ethyl adjacent to an activating group) is 1. The van der Waals surface area contributed by atoms with Crippen LogP contribution in [0.3, 0.4) is 0 Å². The molecule has 1 amide bonds. The van der Waals surface area contributed by atoms with Gasteiger partial charge in [-0.05, 0) is 42.5 Å². The first-order chi connectivity index (χ1) is 11.6. The van der Waals surface area contributed by atoms with E-state index in [4.69, 9.17) is 11.6 Å². The number of hydrogen-bond donors (Lipinski definition) is 2. The highest BCUT2D eigenvalue weighted by atomic mass is 35.5. The van der Waals surface area contributed by atoms with E-state index in [1.165, 1.54) is 11.1 Å². The maximum Gasteiger partial charge on any atom is 0.275 e. The molecule has 4 heteroatoms. The number of halogens is 1. The summed E-state index contributed by atoms with van der Waals surface area (Å²) >= 11 is 6.02. The molecule has 0 heterocycles. The molecule has 0 saturated carbocycles. The van der Waals surface area contributed by atoms with E-state index >= 15 is 0 Å². The van der Waals surface area contributed by atoms with Crippen molar-refractivity contribution in [3.8, 4) is 0 Å². The lowest BCUT2D eigenvalue weighted by atomic mass is 9.88. The highest BCUT2D eigenvalue weighted by Crippen LogP contribution is 2.29. The van der Waals surface area contributed by atoms with Gasteiger partial charge in [-0.1, -0.05) is 48.0 Å². The summed E-state index contributed by atoms with van der Waals surface area (Å²) in [6.07, 6.45) is 3.27. The molecular formula is C20H24ClN2O+. The first-order valence-corrected chi connectivity index (χ1v) is 8.92. The minimum atomic E-state index is 0.108. The molecule has 0 saturated heterocycles. The second kappa shape index (κ2) is 7.82. The zero-order valence-electron chi connectivity index (χ0n) is 14.0. The Hall–Kier alpha value is -1.84. The fourth-order valence-electron chi connectivity index (χ4n) is 3.48. The van der Waals surface area contributed by atoms with E-state index in [1.54, 1.807) is 0 Å². The quantitative estimate of drug-likeness (QED) is 0.859. The van der Waals surface area contributed by atoms with Crippen LogP contribution in [-0.2, 0) is 17.8 Å². The van der Waals surface area contributed by atoms with Gasteiger partial charge >= 0.3 is 0 Å². The van der Waals surface area contributed by atoms with E-state index in [0.717, 1.165) is 41.3 Å². The predicted molar refractivity (Wildman–Crippen MR) is 97.2 cm³/mol. The number of benzene rings is 2. The second-order valence-corrected chi connectivity index (χ2v) is 7.09. The van der Waals surface area contributed by atoms with Gasteiger partial charge in [-0.15, -0.1) is 0 Å². The monoisotopic (exact) mass is 343 g/mol. The Kier molecular flexibility index (Phi) is 5.54. The fourth-order valence-corrected chi connectivity index (χ4v) is 3.69. The number of fused-ring (bicyclic) bond motifs is 1. The lowest BCUT2D eigenvalue weighted by molar-refractivity contribution is -0.885. The summed E-state index contributed by atoms with van der Waals surface area (Å²) in [5, 5.41) is 3.96. The van der Waals surface area contributed by atoms with Crippen molar-refractivity contribution in [3.05, 3.63) is 70.2 Å². The molecule has 126 valence electrons. The van der Waals surface area contributed by atoms with Gasteiger partial charge in [0.25, 0.3) is 5.91 Å². The van der Waals surface area contributed by atoms with Crippen LogP contribution in [0.4, 0.5) is 0 Å². The lowest BCUT2D eigenvalue weighted by Crippen LogP contribution is -3.08. The average Bonchev–Trinajstić information content (AvgIpc) is 2.55. The number of quaternary nitrogens is 1. The molecule has 0 bridgehead atoms. The van der Waals surface area contributed by atoms with E-state index in [-0.39, 0.29) is 11.9 Å². The topological polar surface area (TPSA) is 33.5 Å². The van der Waals surface area contributed by atoms with Crippen molar-refractivity contribution in [1.29, 1.82) is 0 Å². The fraction of sp³-hybridized carbons (Fsp3) is 0.350. The minimum Gasteiger partial charge on any atom is -0.344 e. The van der Waals surface area contributed by atoms with Gasteiger partial charge in [0.15, 0.2) is 6.54 Å². The molecule has 0 radical (unpaired) electrons. The number of nitrogens with one attached hydrogen (secondary N) is 2. The summed E-state index contributed by atoms with van der Waals surface area (Å²) < 4.78 is 0. The first-order valence-electron chi connectivity index (χ1n) is 8.55. The maximum atomic E-state index is 12.4. The third-order valence-electron chi connectivity index (χ3n) is 4.56. The summed E-state index contributed by atoms with van der Waals surface area (Å²) in [7, 11) is 2.04. The lowest BCUT2D eigenvalue weighted by Gasteiger charge is -2.26. The van der Waals surface area contributed by atoms with Crippen LogP contribution in [0.2, 0.25) is 5.02 Å². The van der Waals surface area contributed by atoms with E-state index in [1.807, 2.05) is 31.3 Å². The molecule has 0 aliphatic heterocycles. The van der Waals surface area contributed by atoms with Gasteiger partial charge in [-0.3, -0.25) is 4.79 Å². The summed E-state index contributed by atoms with van der Waals surface area (Å²) in [5.74, 6) is 0.108. The van der Waals surface area contributed by atoms with Crippen molar-refractivity contribution in [3.63, 3.8) is 0 Å². The van der Waals surface area contributed by atoms with Crippen LogP contribution < -0.4 is 10.2 Å². The maximum absolute atomic E-state index is 12.4. The third-order valence-corrected chi connectivity index (χ3v) is 4.80. The summed E-state index contributed by atoms with van der Waals surface area (Å²) in [5.41, 5.74) is 3.80. The molecule has 0 aromatic heterocycles. The summed E-state index contributed by atoms with van der Waals surface area (Å²) in [4.78, 5) is 13.6. The van der Waals surface area contributed by atoms with Crippen LogP contribution in [0.5, 0.6) is 0 Å². The SMILES string of the molecule is C[NH+](CC(=O)N[C@H]1CCCc2ccccc21)Cc1cccc(Cl)c1. The van der Waals surface area contributed by atoms with Crippen molar-refractivity contribution >= 4 is 17.5 Å². The number of rotatable bonds is 5. The van der Waals surface area contributed by atoms with Crippen molar-refractivity contribution in [2.45, 2.75) is 31.8 Å². The standard InChI is InChI=1S/C20H23ClN2O/c1-23(13-15-6-4-9-17(21)12-15)14-20(24)22-19-11-5-8-16-7-2-3-10-18(16)19/h2-4,6-7,9-10,12,19H,5,8,11,13-14H2,1H3,(H,22,24)/p+1/t19-/m0/s1. The predicted octanol–water partition coefficient (Wildman–Crippen LogP) is 2.55. The van der Waals surface area contributed by atoms with Crippen LogP contribution in [0, 0.1) is 0 Å². The summed E-state index contributed by atoms with van der Waals surface area (Å²) in [6.45, 7) is 1.25. The molecule has 24 heavy (non-hydrogen) atoms. The molecule has 2 aromatic rings. The van der Waals surface area contributed by atoms with E-state index in [9.17, 15) is 4.79 Å². The minimum absolute atomic E-state index is 0.108. The Labute approximate surface area is 148 Å². The molecule has 0 spiro atoms. The molecule has 1 aliphatic carbocycles. The third kappa shape index (κ3) is 4.37. The van der Waals surface area contributed by atoms with Crippen LogP contribution >= 0.6 is 11.6 Å². The number of aryl methyl sites for hydroxylation is 1. The van der Waals surface area contributed by atoms with Crippen molar-refractivity contribution in [2.24, 2.45) is 0 Å². The zero-order valence-corrected chi connectivity index (χ0v) is 14.8. The molecule has 0 fully saturated rings. The van der Waals surface area contributed by atoms with Gasteiger partial charge in [-0.25, -0.2) is 0 Å². The van der Waals surface area contributed by atoms with Crippen LogP contribution in [0.1, 0.15) is 35.6 Å². The highest BCUT2D eigenvalue weighted by molar-refractivity contribution is 6.30. The Morgan fingerprint density at radius 3 is 2.92 bits per heavy atom. The highest BCUT2D eigenvalue weighted by Gasteiger charge is 2.22. The van der Waals surface area contributed by atoms with Gasteiger partial charge in [-0.2, -0.15) is 0 Å². The van der Waals surface area contributed by atoms with Crippen molar-refractivity contribution in [2.75, 3.05) is 13.6 Å². The molecule has 1 aliphatic rings. The molecule has 1 unspecified atom stereocenters. The van der Waals surface area contributed by atoms with Crippen LogP contribution in [0.25, 0.3) is 0 Å². The zero-order chi connectivity index (χ0) is 16.9. The average molecular weight is 344 g/mol. The normalized spacial score (nSPS) is 17.8. The molecular weight excluding hydrogens is 320 g/mol. The smallest absolute Gasteiger partial charge is 0.275 e. The molecule has 2 atom stereocenters. The van der Waals surface area contributed by atoms with Gasteiger partial charge in [0, 0.05) is 10.6 Å². The largest absolute Gasteiger partial charge is 0.344 e. The van der Waals surface area contributed by atoms with Crippen LogP contribution in [-0.4, -0.2) is 19.5 Å². The summed E-state index contributed by atoms with van der Waals surface area (Å²) in [6, 6.07) is 16.4. The van der Waals surface area contributed by atoms with E-state index in [0.29, 0.717) is 6.54 Å². The Morgan fingerprint density at radius 1 is 1.25 bits per heavy atom. The number of carbonyl (C=O) groups excluding carboxylic acids is 1. The van der Waals surface area contributed by atoms with Crippen molar-refractivity contribution in [1.82, 2.24) is 5.32 Å². The molecule has 3 rings (SSSR count). The van der Waals surface area contributed by atoms with Gasteiger partial charge < -0.3 is 10.2 Å². The second-order valence-electron chi connectivity index (χ2n) is 6.65. The molecule has 2 N–H and O–H groups in total. The van der Waals surface area contributed by atoms with Crippen LogP contribution in [0.15, 0.2) is 48.5 Å². The van der Waals surface area contributed by atoms with Gasteiger partial charge in [0.1, 0.15) is 6.54 Å². The van der Waals surface area contributed by atoms with E-state index < -0.39 is 0 Å². The van der Waals surface area contributed by atoms with Crippen molar-refractivity contribution < 1.29 is 9.69 Å². The number of hydrogen-bond acceptors (Lipinski definition) is 1.